The van der Waals surface area contributed by atoms with E-state index >= 15 is 0 Å². The molecule has 1 aromatic heterocycles. The number of benzene rings is 2. The Bertz CT molecular complexity index is 1150. The van der Waals surface area contributed by atoms with E-state index in [2.05, 4.69) is 4.57 Å². The van der Waals surface area contributed by atoms with Gasteiger partial charge in [-0.15, -0.1) is 0 Å². The van der Waals surface area contributed by atoms with Crippen molar-refractivity contribution in [3.8, 4) is 16.9 Å². The van der Waals surface area contributed by atoms with Crippen molar-refractivity contribution in [3.63, 3.8) is 0 Å². The van der Waals surface area contributed by atoms with Crippen molar-refractivity contribution in [2.45, 2.75) is 40.0 Å². The summed E-state index contributed by atoms with van der Waals surface area (Å²) < 4.78 is 7.17. The Kier molecular flexibility index (Phi) is 9.43. The van der Waals surface area contributed by atoms with Gasteiger partial charge in [0.25, 0.3) is 0 Å². The molecule has 34 heavy (non-hydrogen) atoms. The second kappa shape index (κ2) is 12.2. The molecule has 0 aliphatic carbocycles. The van der Waals surface area contributed by atoms with Gasteiger partial charge in [0.15, 0.2) is 0 Å². The predicted octanol–water partition coefficient (Wildman–Crippen LogP) is 4.11. The highest BCUT2D eigenvalue weighted by atomic mass is 16.5. The molecule has 0 atom stereocenters. The summed E-state index contributed by atoms with van der Waals surface area (Å²) in [6, 6.07) is 17.0. The van der Waals surface area contributed by atoms with Gasteiger partial charge in [0.05, 0.1) is 18.7 Å². The Morgan fingerprint density at radius 2 is 1.65 bits per heavy atom. The average Bonchev–Trinajstić information content (AvgIpc) is 3.22. The number of nitrogens with two attached hydrogens (primary N) is 2. The molecule has 1 amide bonds. The van der Waals surface area contributed by atoms with E-state index in [0.717, 1.165) is 28.2 Å². The van der Waals surface area contributed by atoms with E-state index in [4.69, 9.17) is 21.3 Å². The van der Waals surface area contributed by atoms with Crippen molar-refractivity contribution >= 4 is 23.5 Å². The van der Waals surface area contributed by atoms with Crippen LogP contribution in [0.2, 0.25) is 0 Å². The molecule has 3 rings (SSSR count). The van der Waals surface area contributed by atoms with Crippen molar-refractivity contribution in [3.05, 3.63) is 71.4 Å². The maximum absolute atomic E-state index is 11.9. The van der Waals surface area contributed by atoms with Gasteiger partial charge in [-0.3, -0.25) is 14.4 Å². The Balaban J connectivity index is 0.000000739. The van der Waals surface area contributed by atoms with Crippen LogP contribution in [0.4, 0.5) is 5.69 Å². The molecule has 0 aliphatic heterocycles. The number of hydrogen-bond donors (Lipinski definition) is 3. The van der Waals surface area contributed by atoms with Gasteiger partial charge in [-0.1, -0.05) is 19.1 Å². The van der Waals surface area contributed by atoms with Crippen LogP contribution in [-0.4, -0.2) is 34.1 Å². The van der Waals surface area contributed by atoms with Gasteiger partial charge >= 0.3 is 11.9 Å². The molecular formula is C26H31N3O5. The molecule has 8 nitrogen and oxygen atoms in total. The smallest absolute Gasteiger partial charge is 0.306 e. The Morgan fingerprint density at radius 3 is 2.18 bits per heavy atom. The van der Waals surface area contributed by atoms with Gasteiger partial charge in [-0.2, -0.15) is 0 Å². The van der Waals surface area contributed by atoms with Crippen LogP contribution < -0.4 is 11.5 Å². The monoisotopic (exact) mass is 465 g/mol. The maximum atomic E-state index is 11.9. The highest BCUT2D eigenvalue weighted by Crippen LogP contribution is 2.30. The van der Waals surface area contributed by atoms with Crippen LogP contribution in [0.1, 0.15) is 48.3 Å². The lowest BCUT2D eigenvalue weighted by Crippen LogP contribution is -2.12. The van der Waals surface area contributed by atoms with E-state index in [9.17, 15) is 14.4 Å². The second-order valence-electron chi connectivity index (χ2n) is 7.59. The number of amides is 1. The second-order valence-corrected chi connectivity index (χ2v) is 7.59. The predicted molar refractivity (Wildman–Crippen MR) is 132 cm³/mol. The fourth-order valence-electron chi connectivity index (χ4n) is 3.36. The van der Waals surface area contributed by atoms with Gasteiger partial charge < -0.3 is 25.9 Å². The van der Waals surface area contributed by atoms with Gasteiger partial charge in [-0.05, 0) is 73.9 Å². The summed E-state index contributed by atoms with van der Waals surface area (Å²) in [4.78, 5) is 32.8. The summed E-state index contributed by atoms with van der Waals surface area (Å²) in [6.45, 7) is 5.69. The van der Waals surface area contributed by atoms with Crippen LogP contribution >= 0.6 is 0 Å². The quantitative estimate of drug-likeness (QED) is 0.338. The molecule has 0 saturated heterocycles. The minimum atomic E-state index is -0.745. The molecule has 5 N–H and O–H groups in total. The van der Waals surface area contributed by atoms with Crippen molar-refractivity contribution in [1.82, 2.24) is 4.57 Å². The molecule has 180 valence electrons. The minimum Gasteiger partial charge on any atom is -0.481 e. The van der Waals surface area contributed by atoms with Crippen LogP contribution in [0.3, 0.4) is 0 Å². The lowest BCUT2D eigenvalue weighted by molar-refractivity contribution is -0.143. The molecule has 0 unspecified atom stereocenters. The summed E-state index contributed by atoms with van der Waals surface area (Å²) >= 11 is 0. The minimum absolute atomic E-state index is 0.222. The van der Waals surface area contributed by atoms with Crippen LogP contribution in [0.5, 0.6) is 0 Å². The molecule has 0 saturated carbocycles. The molecule has 0 bridgehead atoms. The van der Waals surface area contributed by atoms with Crippen LogP contribution in [0, 0.1) is 6.92 Å². The zero-order valence-corrected chi connectivity index (χ0v) is 19.7. The number of carbonyl (C=O) groups excluding carboxylic acids is 2. The van der Waals surface area contributed by atoms with E-state index in [0.29, 0.717) is 24.3 Å². The zero-order valence-electron chi connectivity index (χ0n) is 19.7. The SMILES string of the molecule is CCC(=O)O.CCOC(=O)CCc1ccc(-c2ccc(N)cc2)n1-c1ccc(C(N)=O)cc1C. The van der Waals surface area contributed by atoms with Crippen molar-refractivity contribution in [1.29, 1.82) is 0 Å². The first-order chi connectivity index (χ1) is 16.2. The van der Waals surface area contributed by atoms with Crippen LogP contribution in [0.25, 0.3) is 16.9 Å². The number of esters is 1. The number of anilines is 1. The highest BCUT2D eigenvalue weighted by Gasteiger charge is 2.16. The van der Waals surface area contributed by atoms with E-state index in [-0.39, 0.29) is 18.8 Å². The molecule has 8 heteroatoms. The number of nitrogens with zero attached hydrogens (tertiary/aromatic N) is 1. The first-order valence-corrected chi connectivity index (χ1v) is 11.0. The number of aliphatic carboxylic acids is 1. The van der Waals surface area contributed by atoms with E-state index in [1.807, 2.05) is 49.4 Å². The molecule has 3 aromatic rings. The van der Waals surface area contributed by atoms with Crippen molar-refractivity contribution in [2.24, 2.45) is 5.73 Å². The van der Waals surface area contributed by atoms with Crippen molar-refractivity contribution in [2.75, 3.05) is 12.3 Å². The maximum Gasteiger partial charge on any atom is 0.306 e. The van der Waals surface area contributed by atoms with Crippen molar-refractivity contribution < 1.29 is 24.2 Å². The number of carboxylic acids is 1. The average molecular weight is 466 g/mol. The third-order valence-electron chi connectivity index (χ3n) is 5.08. The fourth-order valence-corrected chi connectivity index (χ4v) is 3.36. The summed E-state index contributed by atoms with van der Waals surface area (Å²) in [5.41, 5.74) is 17.2. The summed E-state index contributed by atoms with van der Waals surface area (Å²) in [7, 11) is 0. The van der Waals surface area contributed by atoms with Gasteiger partial charge in [0, 0.05) is 29.1 Å². The summed E-state index contributed by atoms with van der Waals surface area (Å²) in [6.07, 6.45) is 1.04. The molecule has 0 spiro atoms. The molecule has 0 aliphatic rings. The molecule has 2 aromatic carbocycles. The normalized spacial score (nSPS) is 10.2. The molecular weight excluding hydrogens is 434 g/mol. The van der Waals surface area contributed by atoms with E-state index < -0.39 is 11.9 Å². The molecule has 0 fully saturated rings. The topological polar surface area (TPSA) is 138 Å². The first-order valence-electron chi connectivity index (χ1n) is 11.0. The number of hydrogen-bond acceptors (Lipinski definition) is 5. The molecule has 0 radical (unpaired) electrons. The summed E-state index contributed by atoms with van der Waals surface area (Å²) in [5.74, 6) is -1.44. The summed E-state index contributed by atoms with van der Waals surface area (Å²) in [5, 5.41) is 7.72. The number of carboxylic acid groups (broad SMARTS) is 1. The zero-order chi connectivity index (χ0) is 25.3. The number of nitrogen functional groups attached to an aromatic ring is 1. The molecule has 1 heterocycles. The largest absolute Gasteiger partial charge is 0.481 e. The Labute approximate surface area is 199 Å². The Hall–Kier alpha value is -4.07. The third kappa shape index (κ3) is 6.96. The van der Waals surface area contributed by atoms with Gasteiger partial charge in [0.2, 0.25) is 5.91 Å². The Morgan fingerprint density at radius 1 is 1.00 bits per heavy atom. The first kappa shape index (κ1) is 26.2. The number of aryl methyl sites for hydroxylation is 2. The van der Waals surface area contributed by atoms with Gasteiger partial charge in [0.1, 0.15) is 0 Å². The number of rotatable bonds is 8. The third-order valence-corrected chi connectivity index (χ3v) is 5.08. The number of primary amides is 1. The standard InChI is InChI=1S/C23H25N3O3.C3H6O2/c1-3-29-22(27)13-10-19-9-12-21(16-4-7-18(24)8-5-16)26(19)20-11-6-17(23(25)28)14-15(20)2;1-2-3(4)5/h4-9,11-12,14H,3,10,13,24H2,1-2H3,(H2,25,28);2H2,1H3,(H,4,5). The van der Waals surface area contributed by atoms with Crippen LogP contribution in [-0.2, 0) is 20.7 Å². The number of ether oxygens (including phenoxy) is 1. The van der Waals surface area contributed by atoms with E-state index in [1.165, 1.54) is 0 Å². The van der Waals surface area contributed by atoms with Crippen LogP contribution in [0.15, 0.2) is 54.6 Å². The lowest BCUT2D eigenvalue weighted by Gasteiger charge is -2.17. The number of aromatic nitrogens is 1. The highest BCUT2D eigenvalue weighted by molar-refractivity contribution is 5.93. The number of carbonyl (C=O) groups is 3. The van der Waals surface area contributed by atoms with Gasteiger partial charge in [-0.25, -0.2) is 0 Å². The lowest BCUT2D eigenvalue weighted by atomic mass is 10.1. The van der Waals surface area contributed by atoms with E-state index in [1.54, 1.807) is 26.0 Å². The fraction of sp³-hybridized carbons (Fsp3) is 0.269.